The zero-order valence-electron chi connectivity index (χ0n) is 15.0. The van der Waals surface area contributed by atoms with Crippen LogP contribution in [0.15, 0.2) is 71.9 Å². The van der Waals surface area contributed by atoms with E-state index in [1.165, 1.54) is 4.68 Å². The summed E-state index contributed by atoms with van der Waals surface area (Å²) < 4.78 is 6.62. The largest absolute Gasteiger partial charge is 2.00 e. The quantitative estimate of drug-likeness (QED) is 0.169. The van der Waals surface area contributed by atoms with Crippen LogP contribution in [0.3, 0.4) is 0 Å². The van der Waals surface area contributed by atoms with Crippen LogP contribution in [0.2, 0.25) is 0 Å². The Balaban J connectivity index is 0.000000408. The van der Waals surface area contributed by atoms with E-state index in [0.29, 0.717) is 28.3 Å². The molecule has 0 fully saturated rings. The molecule has 0 saturated carbocycles. The van der Waals surface area contributed by atoms with Crippen LogP contribution >= 0.6 is 12.6 Å². The van der Waals surface area contributed by atoms with Crippen molar-refractivity contribution in [2.45, 2.75) is 5.16 Å². The van der Waals surface area contributed by atoms with Crippen molar-refractivity contribution in [1.82, 2.24) is 14.9 Å². The Bertz CT molecular complexity index is 994. The average Bonchev–Trinajstić information content (AvgIpc) is 3.46. The zero-order valence-corrected chi connectivity index (χ0v) is 17.0. The van der Waals surface area contributed by atoms with E-state index in [9.17, 15) is 4.79 Å². The van der Waals surface area contributed by atoms with Gasteiger partial charge in [-0.1, -0.05) is 23.3 Å². The van der Waals surface area contributed by atoms with Crippen LogP contribution in [-0.2, 0) is 17.1 Å². The second-order valence-corrected chi connectivity index (χ2v) is 5.95. The van der Waals surface area contributed by atoms with Crippen molar-refractivity contribution in [2.24, 2.45) is 0 Å². The van der Waals surface area contributed by atoms with Gasteiger partial charge in [0.05, 0.1) is 12.9 Å². The molecule has 3 aromatic carbocycles. The van der Waals surface area contributed by atoms with Crippen molar-refractivity contribution in [2.75, 3.05) is 13.0 Å². The topological polar surface area (TPSA) is 83.0 Å². The molecule has 6 nitrogen and oxygen atoms in total. The van der Waals surface area contributed by atoms with E-state index < -0.39 is 0 Å². The molecular formula is C20H18FeN4O2S. The van der Waals surface area contributed by atoms with E-state index in [-0.39, 0.29) is 22.2 Å². The maximum absolute atomic E-state index is 11.7. The second-order valence-electron chi connectivity index (χ2n) is 5.55. The van der Waals surface area contributed by atoms with E-state index in [1.54, 1.807) is 19.2 Å². The van der Waals surface area contributed by atoms with E-state index in [4.69, 9.17) is 10.6 Å². The number of carbonyl (C=O) groups excluding carboxylic acids is 1. The minimum absolute atomic E-state index is 0. The molecule has 0 aliphatic carbocycles. The number of hydrogen-bond donors (Lipinski definition) is 2. The Morgan fingerprint density at radius 1 is 1.18 bits per heavy atom. The number of nitrogen functional groups attached to an aromatic ring is 1. The SMILES string of the molecule is COc1ccc(-c2nnc(S)n2N)c(C=O)c1-[c-]1cccc1.[Fe+2].c1cc[cH-]c1. The van der Waals surface area contributed by atoms with Gasteiger partial charge in [0.25, 0.3) is 0 Å². The molecule has 0 radical (unpaired) electrons. The van der Waals surface area contributed by atoms with Crippen LogP contribution in [0.4, 0.5) is 0 Å². The molecule has 0 amide bonds. The van der Waals surface area contributed by atoms with Gasteiger partial charge in [0.1, 0.15) is 6.29 Å². The van der Waals surface area contributed by atoms with Crippen LogP contribution in [0, 0.1) is 0 Å². The van der Waals surface area contributed by atoms with Gasteiger partial charge in [-0.2, -0.15) is 30.3 Å². The van der Waals surface area contributed by atoms with Gasteiger partial charge >= 0.3 is 17.1 Å². The van der Waals surface area contributed by atoms with Crippen molar-refractivity contribution < 1.29 is 26.6 Å². The third-order valence-electron chi connectivity index (χ3n) is 3.97. The Morgan fingerprint density at radius 2 is 1.86 bits per heavy atom. The molecule has 0 saturated heterocycles. The van der Waals surface area contributed by atoms with Crippen molar-refractivity contribution in [3.8, 4) is 28.3 Å². The fourth-order valence-electron chi connectivity index (χ4n) is 2.71. The third kappa shape index (κ3) is 4.36. The van der Waals surface area contributed by atoms with Gasteiger partial charge in [-0.05, 0) is 11.1 Å². The third-order valence-corrected chi connectivity index (χ3v) is 4.28. The summed E-state index contributed by atoms with van der Waals surface area (Å²) in [6.07, 6.45) is 0.771. The minimum Gasteiger partial charge on any atom is -0.531 e. The Labute approximate surface area is 178 Å². The number of rotatable bonds is 4. The van der Waals surface area contributed by atoms with Gasteiger partial charge in [-0.25, -0.2) is 16.8 Å². The van der Waals surface area contributed by atoms with Gasteiger partial charge in [0.15, 0.2) is 5.82 Å². The number of aromatic nitrogens is 3. The number of carbonyl (C=O) groups is 1. The average molecular weight is 434 g/mol. The number of methoxy groups -OCH3 is 1. The molecule has 1 heterocycles. The summed E-state index contributed by atoms with van der Waals surface area (Å²) >= 11 is 4.11. The zero-order chi connectivity index (χ0) is 19.2. The fraction of sp³-hybridized carbons (Fsp3) is 0.0500. The molecule has 28 heavy (non-hydrogen) atoms. The number of aldehydes is 1. The van der Waals surface area contributed by atoms with Gasteiger partial charge < -0.3 is 15.4 Å². The fourth-order valence-corrected chi connectivity index (χ4v) is 2.85. The van der Waals surface area contributed by atoms with Crippen LogP contribution in [0.5, 0.6) is 5.75 Å². The maximum atomic E-state index is 11.7. The van der Waals surface area contributed by atoms with Crippen LogP contribution < -0.4 is 10.6 Å². The van der Waals surface area contributed by atoms with E-state index in [1.807, 2.05) is 54.6 Å². The molecule has 0 spiro atoms. The first-order chi connectivity index (χ1) is 13.2. The van der Waals surface area contributed by atoms with Crippen molar-refractivity contribution >= 4 is 18.9 Å². The monoisotopic (exact) mass is 434 g/mol. The number of nitrogens with two attached hydrogens (primary N) is 1. The number of benzene rings is 1. The molecule has 1 aromatic heterocycles. The predicted octanol–water partition coefficient (Wildman–Crippen LogP) is 3.56. The van der Waals surface area contributed by atoms with Gasteiger partial charge in [0, 0.05) is 0 Å². The minimum atomic E-state index is 0. The molecule has 0 bridgehead atoms. The first-order valence-electron chi connectivity index (χ1n) is 8.12. The van der Waals surface area contributed by atoms with E-state index in [0.717, 1.165) is 11.8 Å². The molecule has 0 aliphatic heterocycles. The smallest absolute Gasteiger partial charge is 0.531 e. The standard InChI is InChI=1S/C15H13N4O2S.C5H5.Fe/c1-21-12-7-6-10(14-17-18-15(22)19(14)16)11(8-20)13(12)9-4-2-3-5-9;1-2-4-5-3-1;/h2-8H,16H2,1H3,(H,18,22);1-5H;/q2*-1;+2. The van der Waals surface area contributed by atoms with Gasteiger partial charge in [0.2, 0.25) is 5.16 Å². The van der Waals surface area contributed by atoms with Crippen molar-refractivity contribution in [1.29, 1.82) is 0 Å². The molecule has 8 heteroatoms. The maximum Gasteiger partial charge on any atom is 2.00 e. The summed E-state index contributed by atoms with van der Waals surface area (Å²) in [6, 6.07) is 21.1. The number of nitrogens with zero attached hydrogens (tertiary/aromatic N) is 3. The number of thiol groups is 1. The second kappa shape index (κ2) is 9.94. The Morgan fingerprint density at radius 3 is 2.32 bits per heavy atom. The summed E-state index contributed by atoms with van der Waals surface area (Å²) in [7, 11) is 1.56. The van der Waals surface area contributed by atoms with E-state index in [2.05, 4.69) is 22.8 Å². The molecule has 2 N–H and O–H groups in total. The molecule has 4 rings (SSSR count). The summed E-state index contributed by atoms with van der Waals surface area (Å²) in [4.78, 5) is 11.7. The molecular weight excluding hydrogens is 416 g/mol. The van der Waals surface area contributed by atoms with Crippen molar-refractivity contribution in [3.63, 3.8) is 0 Å². The first-order valence-corrected chi connectivity index (χ1v) is 8.56. The number of ether oxygens (including phenoxy) is 1. The summed E-state index contributed by atoms with van der Waals surface area (Å²) in [5.41, 5.74) is 2.60. The van der Waals surface area contributed by atoms with Crippen LogP contribution in [0.25, 0.3) is 22.5 Å². The number of hydrogen-bond acceptors (Lipinski definition) is 6. The Kier molecular flexibility index (Phi) is 7.63. The van der Waals surface area contributed by atoms with Gasteiger partial charge in [-0.15, -0.1) is 35.0 Å². The summed E-state index contributed by atoms with van der Waals surface area (Å²) in [5.74, 6) is 6.83. The molecule has 0 aliphatic rings. The van der Waals surface area contributed by atoms with Crippen LogP contribution in [0.1, 0.15) is 10.4 Å². The molecule has 0 unspecified atom stereocenters. The first kappa shape index (κ1) is 21.5. The normalized spacial score (nSPS) is 9.79. The van der Waals surface area contributed by atoms with Gasteiger partial charge in [-0.3, -0.25) is 0 Å². The summed E-state index contributed by atoms with van der Waals surface area (Å²) in [5, 5.41) is 8.05. The predicted molar refractivity (Wildman–Crippen MR) is 108 cm³/mol. The van der Waals surface area contributed by atoms with Crippen molar-refractivity contribution in [3.05, 3.63) is 72.3 Å². The summed E-state index contributed by atoms with van der Waals surface area (Å²) in [6.45, 7) is 0. The van der Waals surface area contributed by atoms with E-state index >= 15 is 0 Å². The van der Waals surface area contributed by atoms with Crippen LogP contribution in [-0.4, -0.2) is 28.3 Å². The Hall–Kier alpha value is -2.80. The molecule has 4 aromatic rings. The molecule has 0 atom stereocenters. The molecule has 144 valence electrons.